The van der Waals surface area contributed by atoms with Gasteiger partial charge in [-0.1, -0.05) is 51.8 Å². The summed E-state index contributed by atoms with van der Waals surface area (Å²) in [7, 11) is 0. The quantitative estimate of drug-likeness (QED) is 0.771. The number of hydrogen-bond acceptors (Lipinski definition) is 2. The summed E-state index contributed by atoms with van der Waals surface area (Å²) in [5.41, 5.74) is 4.25. The molecular formula is C20H33N3O. The number of hydrogen-bond donors (Lipinski definition) is 1. The zero-order chi connectivity index (χ0) is 17.4. The third-order valence-corrected chi connectivity index (χ3v) is 4.90. The smallest absolute Gasteiger partial charge is 0.317 e. The second kappa shape index (κ2) is 9.55. The lowest BCUT2D eigenvalue weighted by Crippen LogP contribution is -2.52. The Morgan fingerprint density at radius 3 is 2.17 bits per heavy atom. The van der Waals surface area contributed by atoms with Gasteiger partial charge in [0.25, 0.3) is 0 Å². The van der Waals surface area contributed by atoms with Crippen molar-refractivity contribution in [2.45, 2.75) is 52.9 Å². The number of nitrogens with zero attached hydrogens (tertiary/aromatic N) is 2. The van der Waals surface area contributed by atoms with E-state index in [4.69, 9.17) is 0 Å². The fourth-order valence-corrected chi connectivity index (χ4v) is 3.44. The summed E-state index contributed by atoms with van der Waals surface area (Å²) < 4.78 is 0. The minimum absolute atomic E-state index is 0.102. The fraction of sp³-hybridized carbons (Fsp3) is 0.650. The highest BCUT2D eigenvalue weighted by molar-refractivity contribution is 5.74. The topological polar surface area (TPSA) is 35.6 Å². The van der Waals surface area contributed by atoms with Gasteiger partial charge >= 0.3 is 6.03 Å². The molecule has 1 aromatic carbocycles. The maximum Gasteiger partial charge on any atom is 0.317 e. The van der Waals surface area contributed by atoms with E-state index in [9.17, 15) is 4.79 Å². The van der Waals surface area contributed by atoms with Crippen molar-refractivity contribution in [3.05, 3.63) is 29.3 Å². The second-order valence-electron chi connectivity index (χ2n) is 6.55. The molecule has 0 spiro atoms. The standard InChI is InChI=1S/C20H33N3O/c1-4-7-8-12-21-20(24)23-15-13-22(14-16-23)19-17(5-2)10-9-11-18(19)6-3/h9-11H,4-8,12-16H2,1-3H3,(H,21,24). The van der Waals surface area contributed by atoms with Crippen LogP contribution in [-0.2, 0) is 12.8 Å². The lowest BCUT2D eigenvalue weighted by Gasteiger charge is -2.38. The van der Waals surface area contributed by atoms with E-state index < -0.39 is 0 Å². The number of urea groups is 1. The average Bonchev–Trinajstić information content (AvgIpc) is 2.64. The first-order chi connectivity index (χ1) is 11.7. The molecule has 4 heteroatoms. The van der Waals surface area contributed by atoms with E-state index in [0.717, 1.165) is 52.0 Å². The molecule has 1 heterocycles. The summed E-state index contributed by atoms with van der Waals surface area (Å²) in [6.45, 7) is 10.9. The molecule has 2 amide bonds. The van der Waals surface area contributed by atoms with Crippen LogP contribution in [0.15, 0.2) is 18.2 Å². The Kier molecular flexibility index (Phi) is 7.41. The van der Waals surface area contributed by atoms with E-state index in [2.05, 4.69) is 49.2 Å². The Morgan fingerprint density at radius 2 is 1.62 bits per heavy atom. The third-order valence-electron chi connectivity index (χ3n) is 4.90. The van der Waals surface area contributed by atoms with Gasteiger partial charge in [0.15, 0.2) is 0 Å². The van der Waals surface area contributed by atoms with Crippen LogP contribution < -0.4 is 10.2 Å². The van der Waals surface area contributed by atoms with Crippen LogP contribution in [0.5, 0.6) is 0 Å². The molecule has 0 unspecified atom stereocenters. The Bertz CT molecular complexity index is 499. The molecule has 2 rings (SSSR count). The molecule has 1 aliphatic heterocycles. The highest BCUT2D eigenvalue weighted by Crippen LogP contribution is 2.27. The zero-order valence-corrected chi connectivity index (χ0v) is 15.6. The maximum absolute atomic E-state index is 12.2. The Labute approximate surface area is 147 Å². The number of benzene rings is 1. The molecule has 1 N–H and O–H groups in total. The van der Waals surface area contributed by atoms with Crippen molar-refractivity contribution in [3.8, 4) is 0 Å². The number of para-hydroxylation sites is 1. The lowest BCUT2D eigenvalue weighted by atomic mass is 10.0. The minimum atomic E-state index is 0.102. The fourth-order valence-electron chi connectivity index (χ4n) is 3.44. The highest BCUT2D eigenvalue weighted by atomic mass is 16.2. The van der Waals surface area contributed by atoms with Crippen LogP contribution >= 0.6 is 0 Å². The number of piperazine rings is 1. The van der Waals surface area contributed by atoms with Crippen molar-refractivity contribution in [2.24, 2.45) is 0 Å². The van der Waals surface area contributed by atoms with Gasteiger partial charge in [0.2, 0.25) is 0 Å². The van der Waals surface area contributed by atoms with Gasteiger partial charge in [-0.05, 0) is 30.4 Å². The largest absolute Gasteiger partial charge is 0.368 e. The second-order valence-corrected chi connectivity index (χ2v) is 6.55. The number of rotatable bonds is 7. The molecule has 0 aliphatic carbocycles. The number of amides is 2. The van der Waals surface area contributed by atoms with Crippen LogP contribution in [0.4, 0.5) is 10.5 Å². The summed E-state index contributed by atoms with van der Waals surface area (Å²) >= 11 is 0. The summed E-state index contributed by atoms with van der Waals surface area (Å²) in [6, 6.07) is 6.74. The maximum atomic E-state index is 12.2. The zero-order valence-electron chi connectivity index (χ0n) is 15.6. The van der Waals surface area contributed by atoms with E-state index in [0.29, 0.717) is 0 Å². The number of nitrogens with one attached hydrogen (secondary N) is 1. The van der Waals surface area contributed by atoms with Gasteiger partial charge < -0.3 is 15.1 Å². The average molecular weight is 332 g/mol. The molecular weight excluding hydrogens is 298 g/mol. The third kappa shape index (κ3) is 4.65. The van der Waals surface area contributed by atoms with Crippen molar-refractivity contribution in [1.29, 1.82) is 0 Å². The summed E-state index contributed by atoms with van der Waals surface area (Å²) in [5, 5.41) is 3.06. The number of carbonyl (C=O) groups excluding carboxylic acids is 1. The normalized spacial score (nSPS) is 14.8. The minimum Gasteiger partial charge on any atom is -0.368 e. The van der Waals surface area contributed by atoms with E-state index in [1.165, 1.54) is 29.7 Å². The van der Waals surface area contributed by atoms with Crippen molar-refractivity contribution in [1.82, 2.24) is 10.2 Å². The predicted octanol–water partition coefficient (Wildman–Crippen LogP) is 3.83. The monoisotopic (exact) mass is 331 g/mol. The number of unbranched alkanes of at least 4 members (excludes halogenated alkanes) is 2. The van der Waals surface area contributed by atoms with Crippen molar-refractivity contribution in [2.75, 3.05) is 37.6 Å². The Balaban J connectivity index is 1.92. The summed E-state index contributed by atoms with van der Waals surface area (Å²) in [5.74, 6) is 0. The molecule has 134 valence electrons. The van der Waals surface area contributed by atoms with E-state index in [1.54, 1.807) is 0 Å². The van der Waals surface area contributed by atoms with Gasteiger partial charge in [-0.15, -0.1) is 0 Å². The van der Waals surface area contributed by atoms with Gasteiger partial charge in [0, 0.05) is 38.4 Å². The molecule has 0 radical (unpaired) electrons. The van der Waals surface area contributed by atoms with Crippen molar-refractivity contribution in [3.63, 3.8) is 0 Å². The molecule has 1 aliphatic rings. The Hall–Kier alpha value is -1.71. The molecule has 0 atom stereocenters. The van der Waals surface area contributed by atoms with Crippen molar-refractivity contribution < 1.29 is 4.79 Å². The number of anilines is 1. The van der Waals surface area contributed by atoms with Crippen molar-refractivity contribution >= 4 is 11.7 Å². The van der Waals surface area contributed by atoms with E-state index in [1.807, 2.05) is 4.90 Å². The highest BCUT2D eigenvalue weighted by Gasteiger charge is 2.23. The predicted molar refractivity (Wildman–Crippen MR) is 102 cm³/mol. The molecule has 0 bridgehead atoms. The summed E-state index contributed by atoms with van der Waals surface area (Å²) in [4.78, 5) is 16.7. The van der Waals surface area contributed by atoms with Crippen LogP contribution in [0.25, 0.3) is 0 Å². The Morgan fingerprint density at radius 1 is 1.00 bits per heavy atom. The lowest BCUT2D eigenvalue weighted by molar-refractivity contribution is 0.194. The van der Waals surface area contributed by atoms with Gasteiger partial charge in [0.1, 0.15) is 0 Å². The van der Waals surface area contributed by atoms with Gasteiger partial charge in [-0.2, -0.15) is 0 Å². The van der Waals surface area contributed by atoms with E-state index >= 15 is 0 Å². The van der Waals surface area contributed by atoms with Crippen LogP contribution in [0.3, 0.4) is 0 Å². The molecule has 1 aromatic rings. The van der Waals surface area contributed by atoms with Crippen LogP contribution in [0.2, 0.25) is 0 Å². The van der Waals surface area contributed by atoms with Crippen LogP contribution in [-0.4, -0.2) is 43.7 Å². The molecule has 4 nitrogen and oxygen atoms in total. The van der Waals surface area contributed by atoms with Gasteiger partial charge in [-0.25, -0.2) is 4.79 Å². The molecule has 24 heavy (non-hydrogen) atoms. The van der Waals surface area contributed by atoms with Crippen LogP contribution in [0, 0.1) is 0 Å². The molecule has 1 saturated heterocycles. The van der Waals surface area contributed by atoms with Gasteiger partial charge in [0.05, 0.1) is 0 Å². The van der Waals surface area contributed by atoms with Gasteiger partial charge in [-0.3, -0.25) is 0 Å². The first-order valence-corrected chi connectivity index (χ1v) is 9.59. The summed E-state index contributed by atoms with van der Waals surface area (Å²) in [6.07, 6.45) is 5.56. The first kappa shape index (κ1) is 18.6. The first-order valence-electron chi connectivity index (χ1n) is 9.59. The van der Waals surface area contributed by atoms with Crippen LogP contribution in [0.1, 0.15) is 51.2 Å². The SMILES string of the molecule is CCCCCNC(=O)N1CCN(c2c(CC)cccc2CC)CC1. The molecule has 0 saturated carbocycles. The molecule has 1 fully saturated rings. The number of carbonyl (C=O) groups is 1. The van der Waals surface area contributed by atoms with E-state index in [-0.39, 0.29) is 6.03 Å². The molecule has 0 aromatic heterocycles. The number of aryl methyl sites for hydroxylation is 2.